The molecule has 3 aromatic carbocycles. The number of aromatic nitrogens is 1. The monoisotopic (exact) mass is 673 g/mol. The number of likely N-dealkylation sites (tertiary alicyclic amines) is 1. The van der Waals surface area contributed by atoms with Crippen molar-refractivity contribution in [2.24, 2.45) is 5.92 Å². The number of rotatable bonds is 9. The molecule has 258 valence electrons. The number of benzene rings is 3. The molecule has 3 N–H and O–H groups in total. The van der Waals surface area contributed by atoms with Crippen molar-refractivity contribution >= 4 is 28.7 Å². The zero-order valence-electron chi connectivity index (χ0n) is 29.0. The number of carboxylic acid groups (broad SMARTS) is 1. The van der Waals surface area contributed by atoms with Gasteiger partial charge in [-0.1, -0.05) is 31.2 Å². The minimum Gasteiger partial charge on any atom is -0.481 e. The van der Waals surface area contributed by atoms with Gasteiger partial charge in [0.05, 0.1) is 11.5 Å². The van der Waals surface area contributed by atoms with E-state index in [1.165, 1.54) is 5.70 Å². The Kier molecular flexibility index (Phi) is 9.07. The third-order valence-corrected chi connectivity index (χ3v) is 10.5. The summed E-state index contributed by atoms with van der Waals surface area (Å²) in [4.78, 5) is 36.5. The first-order chi connectivity index (χ1) is 24.1. The van der Waals surface area contributed by atoms with Gasteiger partial charge in [-0.3, -0.25) is 19.4 Å². The van der Waals surface area contributed by atoms with Crippen LogP contribution in [0.4, 0.5) is 5.69 Å². The Morgan fingerprint density at radius 2 is 1.84 bits per heavy atom. The molecule has 0 saturated carbocycles. The van der Waals surface area contributed by atoms with Gasteiger partial charge in [-0.05, 0) is 91.9 Å². The lowest BCUT2D eigenvalue weighted by Gasteiger charge is -2.28. The third kappa shape index (κ3) is 6.21. The van der Waals surface area contributed by atoms with Crippen molar-refractivity contribution < 1.29 is 19.1 Å². The van der Waals surface area contributed by atoms with Crippen LogP contribution in [0.2, 0.25) is 0 Å². The van der Waals surface area contributed by atoms with Crippen molar-refractivity contribution in [2.75, 3.05) is 45.1 Å². The van der Waals surface area contributed by atoms with Crippen LogP contribution in [-0.2, 0) is 16.1 Å². The molecule has 1 amide bonds. The second-order valence-corrected chi connectivity index (χ2v) is 13.7. The fourth-order valence-corrected chi connectivity index (χ4v) is 7.73. The highest BCUT2D eigenvalue weighted by Crippen LogP contribution is 2.37. The quantitative estimate of drug-likeness (QED) is 0.203. The first kappa shape index (κ1) is 33.3. The van der Waals surface area contributed by atoms with Crippen molar-refractivity contribution in [2.45, 2.75) is 52.7 Å². The highest BCUT2D eigenvalue weighted by Gasteiger charge is 2.36. The summed E-state index contributed by atoms with van der Waals surface area (Å²) in [6.07, 6.45) is 2.19. The molecule has 3 aliphatic heterocycles. The van der Waals surface area contributed by atoms with Crippen LogP contribution in [0.3, 0.4) is 0 Å². The van der Waals surface area contributed by atoms with Crippen LogP contribution in [0.15, 0.2) is 64.3 Å². The second-order valence-electron chi connectivity index (χ2n) is 13.7. The second kappa shape index (κ2) is 13.6. The van der Waals surface area contributed by atoms with Crippen molar-refractivity contribution in [3.8, 4) is 28.7 Å². The average Bonchev–Trinajstić information content (AvgIpc) is 3.83. The smallest absolute Gasteiger partial charge is 0.307 e. The Hall–Kier alpha value is -5.18. The Morgan fingerprint density at radius 1 is 1.08 bits per heavy atom. The van der Waals surface area contributed by atoms with E-state index in [4.69, 9.17) is 9.40 Å². The number of amides is 1. The zero-order chi connectivity index (χ0) is 35.1. The lowest BCUT2D eigenvalue weighted by Crippen LogP contribution is -2.45. The lowest BCUT2D eigenvalue weighted by atomic mass is 9.93. The molecule has 7 rings (SSSR count). The van der Waals surface area contributed by atoms with E-state index in [-0.39, 0.29) is 11.8 Å². The summed E-state index contributed by atoms with van der Waals surface area (Å²) in [5, 5.41) is 26.1. The standard InChI is InChI=1S/C39H43N7O4/c1-5-14-45-16-13-34-33(22-45)41-36(44(34)4)37(47)42-31-11-7-9-29(24(31)3)28-8-6-10-30(23(28)2)38-43-32-18-25(17-27(19-40)35(32)50-38)20-46-15-12-26(21-46)39(48)49/h6-11,17-18,26,36,41H,5,12-16,20-22H2,1-4H3,(H,42,47)(H,48,49). The highest BCUT2D eigenvalue weighted by atomic mass is 16.4. The molecule has 0 radical (unpaired) electrons. The Balaban J connectivity index is 1.12. The lowest BCUT2D eigenvalue weighted by molar-refractivity contribution is -0.141. The van der Waals surface area contributed by atoms with Gasteiger partial charge in [-0.15, -0.1) is 0 Å². The van der Waals surface area contributed by atoms with Crippen molar-refractivity contribution in [3.05, 3.63) is 82.2 Å². The summed E-state index contributed by atoms with van der Waals surface area (Å²) in [6.45, 7) is 10.9. The SMILES string of the molecule is CCCN1CCC2=C(C1)NC(C(=O)Nc1cccc(-c3cccc(-c4nc5cc(CN6CCC(C(=O)O)C6)cc(C#N)c5o4)c3C)c1C)N2C. The summed E-state index contributed by atoms with van der Waals surface area (Å²) in [6, 6.07) is 17.9. The summed E-state index contributed by atoms with van der Waals surface area (Å²) in [5.41, 5.74) is 10.1. The van der Waals surface area contributed by atoms with Gasteiger partial charge in [0.25, 0.3) is 5.91 Å². The molecule has 2 atom stereocenters. The molecule has 0 bridgehead atoms. The zero-order valence-corrected chi connectivity index (χ0v) is 29.0. The van der Waals surface area contributed by atoms with Gasteiger partial charge in [0.1, 0.15) is 11.6 Å². The van der Waals surface area contributed by atoms with Gasteiger partial charge in [0, 0.05) is 62.3 Å². The van der Waals surface area contributed by atoms with Gasteiger partial charge in [-0.2, -0.15) is 5.26 Å². The molecule has 0 aliphatic carbocycles. The number of anilines is 1. The summed E-state index contributed by atoms with van der Waals surface area (Å²) in [7, 11) is 1.99. The average molecular weight is 674 g/mol. The molecule has 1 saturated heterocycles. The van der Waals surface area contributed by atoms with Crippen LogP contribution in [0.1, 0.15) is 48.4 Å². The van der Waals surface area contributed by atoms with Gasteiger partial charge >= 0.3 is 5.97 Å². The number of fused-ring (bicyclic) bond motifs is 1. The number of hydrogen-bond donors (Lipinski definition) is 3. The van der Waals surface area contributed by atoms with E-state index < -0.39 is 12.1 Å². The normalized spacial score (nSPS) is 19.5. The number of likely N-dealkylation sites (N-methyl/N-ethyl adjacent to an activating group) is 1. The molecule has 50 heavy (non-hydrogen) atoms. The molecule has 4 heterocycles. The van der Waals surface area contributed by atoms with Gasteiger partial charge in [-0.25, -0.2) is 4.98 Å². The maximum Gasteiger partial charge on any atom is 0.307 e. The fourth-order valence-electron chi connectivity index (χ4n) is 7.73. The van der Waals surface area contributed by atoms with Crippen molar-refractivity contribution in [3.63, 3.8) is 0 Å². The van der Waals surface area contributed by atoms with Gasteiger partial charge < -0.3 is 25.1 Å². The Labute approximate surface area is 292 Å². The number of nitrogens with zero attached hydrogens (tertiary/aromatic N) is 5. The van der Waals surface area contributed by atoms with E-state index in [0.717, 1.165) is 77.2 Å². The van der Waals surface area contributed by atoms with Crippen LogP contribution >= 0.6 is 0 Å². The number of nitriles is 1. The molecule has 11 nitrogen and oxygen atoms in total. The molecule has 0 spiro atoms. The summed E-state index contributed by atoms with van der Waals surface area (Å²) >= 11 is 0. The summed E-state index contributed by atoms with van der Waals surface area (Å²) < 4.78 is 6.25. The molecule has 4 aromatic rings. The van der Waals surface area contributed by atoms with E-state index in [2.05, 4.69) is 50.5 Å². The predicted octanol–water partition coefficient (Wildman–Crippen LogP) is 5.68. The minimum atomic E-state index is -0.769. The van der Waals surface area contributed by atoms with Gasteiger partial charge in [0.15, 0.2) is 11.7 Å². The number of carbonyl (C=O) groups excluding carboxylic acids is 1. The van der Waals surface area contributed by atoms with Crippen LogP contribution in [0.5, 0.6) is 0 Å². The number of carboxylic acids is 1. The first-order valence-corrected chi connectivity index (χ1v) is 17.4. The number of nitrogens with one attached hydrogen (secondary N) is 2. The first-order valence-electron chi connectivity index (χ1n) is 17.4. The molecule has 11 heteroatoms. The Morgan fingerprint density at radius 3 is 2.58 bits per heavy atom. The number of hydrogen-bond acceptors (Lipinski definition) is 9. The number of oxazole rings is 1. The molecule has 1 fully saturated rings. The van der Waals surface area contributed by atoms with E-state index >= 15 is 0 Å². The predicted molar refractivity (Wildman–Crippen MR) is 192 cm³/mol. The highest BCUT2D eigenvalue weighted by molar-refractivity contribution is 5.97. The topological polar surface area (TPSA) is 138 Å². The van der Waals surface area contributed by atoms with E-state index in [1.807, 2.05) is 57.3 Å². The molecule has 1 aromatic heterocycles. The third-order valence-electron chi connectivity index (χ3n) is 10.5. The Bertz CT molecular complexity index is 2060. The van der Waals surface area contributed by atoms with Crippen molar-refractivity contribution in [1.82, 2.24) is 25.0 Å². The molecule has 2 unspecified atom stereocenters. The van der Waals surface area contributed by atoms with Crippen LogP contribution < -0.4 is 10.6 Å². The van der Waals surface area contributed by atoms with Crippen LogP contribution in [-0.4, -0.2) is 82.6 Å². The van der Waals surface area contributed by atoms with Crippen LogP contribution in [0, 0.1) is 31.1 Å². The van der Waals surface area contributed by atoms with E-state index in [0.29, 0.717) is 48.6 Å². The fraction of sp³-hybridized carbons (Fsp3) is 0.385. The number of aliphatic carboxylic acids is 1. The molecular formula is C39H43N7O4. The molecule has 3 aliphatic rings. The van der Waals surface area contributed by atoms with Crippen LogP contribution in [0.25, 0.3) is 33.7 Å². The number of carbonyl (C=O) groups is 2. The van der Waals surface area contributed by atoms with Gasteiger partial charge in [0.2, 0.25) is 5.89 Å². The molecular weight excluding hydrogens is 630 g/mol. The van der Waals surface area contributed by atoms with Crippen molar-refractivity contribution in [1.29, 1.82) is 5.26 Å². The largest absolute Gasteiger partial charge is 0.481 e. The minimum absolute atomic E-state index is 0.0970. The summed E-state index contributed by atoms with van der Waals surface area (Å²) in [5.74, 6) is -0.809. The maximum absolute atomic E-state index is 13.7. The van der Waals surface area contributed by atoms with E-state index in [9.17, 15) is 20.0 Å². The maximum atomic E-state index is 13.7. The van der Waals surface area contributed by atoms with E-state index in [1.54, 1.807) is 0 Å².